The van der Waals surface area contributed by atoms with Crippen LogP contribution in [0.25, 0.3) is 0 Å². The lowest BCUT2D eigenvalue weighted by molar-refractivity contribution is 0.201. The molecule has 20 heavy (non-hydrogen) atoms. The lowest BCUT2D eigenvalue weighted by Gasteiger charge is -2.33. The second-order valence-corrected chi connectivity index (χ2v) is 7.75. The topological polar surface area (TPSA) is 49.4 Å². The molecule has 0 spiro atoms. The SMILES string of the molecule is CCN1CCC(NC2CS(=O)(=O)c3ccccc32)CC1. The number of rotatable bonds is 3. The predicted octanol–water partition coefficient (Wildman–Crippen LogP) is 1.59. The molecule has 1 saturated heterocycles. The van der Waals surface area contributed by atoms with E-state index in [1.165, 1.54) is 0 Å². The van der Waals surface area contributed by atoms with E-state index < -0.39 is 9.84 Å². The summed E-state index contributed by atoms with van der Waals surface area (Å²) in [6.45, 7) is 5.51. The number of hydrogen-bond acceptors (Lipinski definition) is 4. The monoisotopic (exact) mass is 294 g/mol. The molecule has 1 unspecified atom stereocenters. The second kappa shape index (κ2) is 5.47. The Bertz CT molecular complexity index is 577. The first kappa shape index (κ1) is 14.0. The molecule has 5 heteroatoms. The molecule has 1 aromatic carbocycles. The van der Waals surface area contributed by atoms with Gasteiger partial charge in [-0.1, -0.05) is 25.1 Å². The van der Waals surface area contributed by atoms with E-state index in [2.05, 4.69) is 17.1 Å². The third kappa shape index (κ3) is 2.62. The van der Waals surface area contributed by atoms with Crippen LogP contribution in [0.5, 0.6) is 0 Å². The maximum atomic E-state index is 12.2. The molecule has 0 aromatic heterocycles. The number of nitrogens with zero attached hydrogens (tertiary/aromatic N) is 1. The van der Waals surface area contributed by atoms with Crippen LogP contribution in [0.4, 0.5) is 0 Å². The quantitative estimate of drug-likeness (QED) is 0.920. The largest absolute Gasteiger partial charge is 0.306 e. The molecule has 1 fully saturated rings. The van der Waals surface area contributed by atoms with Crippen LogP contribution in [0.2, 0.25) is 0 Å². The number of benzene rings is 1. The molecule has 0 radical (unpaired) electrons. The van der Waals surface area contributed by atoms with Crippen LogP contribution in [0.15, 0.2) is 29.2 Å². The fourth-order valence-corrected chi connectivity index (χ4v) is 5.04. The van der Waals surface area contributed by atoms with Crippen molar-refractivity contribution in [3.63, 3.8) is 0 Å². The zero-order valence-corrected chi connectivity index (χ0v) is 12.7. The Morgan fingerprint density at radius 3 is 2.65 bits per heavy atom. The van der Waals surface area contributed by atoms with Crippen LogP contribution in [0.1, 0.15) is 31.4 Å². The van der Waals surface area contributed by atoms with Gasteiger partial charge in [0.15, 0.2) is 9.84 Å². The smallest absolute Gasteiger partial charge is 0.180 e. The number of hydrogen-bond donors (Lipinski definition) is 1. The highest BCUT2D eigenvalue weighted by atomic mass is 32.2. The summed E-state index contributed by atoms with van der Waals surface area (Å²) in [6, 6.07) is 7.80. The third-order valence-corrected chi connectivity index (χ3v) is 6.30. The minimum Gasteiger partial charge on any atom is -0.306 e. The lowest BCUT2D eigenvalue weighted by atomic mass is 10.0. The number of nitrogens with one attached hydrogen (secondary N) is 1. The summed E-state index contributed by atoms with van der Waals surface area (Å²) >= 11 is 0. The Morgan fingerprint density at radius 1 is 1.25 bits per heavy atom. The van der Waals surface area contributed by atoms with Crippen molar-refractivity contribution in [1.82, 2.24) is 10.2 Å². The van der Waals surface area contributed by atoms with Crippen LogP contribution in [0, 0.1) is 0 Å². The fourth-order valence-electron chi connectivity index (χ4n) is 3.29. The summed E-state index contributed by atoms with van der Waals surface area (Å²) in [5, 5.41) is 3.57. The van der Waals surface area contributed by atoms with Gasteiger partial charge >= 0.3 is 0 Å². The van der Waals surface area contributed by atoms with E-state index in [4.69, 9.17) is 0 Å². The maximum absolute atomic E-state index is 12.2. The van der Waals surface area contributed by atoms with Gasteiger partial charge in [0.05, 0.1) is 10.6 Å². The van der Waals surface area contributed by atoms with Crippen molar-refractivity contribution < 1.29 is 8.42 Å². The highest BCUT2D eigenvalue weighted by Crippen LogP contribution is 2.33. The van der Waals surface area contributed by atoms with E-state index in [1.807, 2.05) is 12.1 Å². The Kier molecular flexibility index (Phi) is 3.84. The van der Waals surface area contributed by atoms with Gasteiger partial charge in [0.25, 0.3) is 0 Å². The van der Waals surface area contributed by atoms with Gasteiger partial charge in [-0.15, -0.1) is 0 Å². The molecule has 110 valence electrons. The predicted molar refractivity (Wildman–Crippen MR) is 79.5 cm³/mol. The van der Waals surface area contributed by atoms with Crippen LogP contribution in [0.3, 0.4) is 0 Å². The van der Waals surface area contributed by atoms with Crippen LogP contribution in [-0.4, -0.2) is 44.7 Å². The van der Waals surface area contributed by atoms with E-state index in [0.717, 1.165) is 38.0 Å². The summed E-state index contributed by atoms with van der Waals surface area (Å²) in [5.74, 6) is 0.209. The number of piperidine rings is 1. The zero-order valence-electron chi connectivity index (χ0n) is 11.9. The molecule has 4 nitrogen and oxygen atoms in total. The van der Waals surface area contributed by atoms with Crippen molar-refractivity contribution in [2.45, 2.75) is 36.7 Å². The van der Waals surface area contributed by atoms with E-state index >= 15 is 0 Å². The Hall–Kier alpha value is -0.910. The normalized spacial score (nSPS) is 26.6. The van der Waals surface area contributed by atoms with Crippen LogP contribution >= 0.6 is 0 Å². The lowest BCUT2D eigenvalue weighted by Crippen LogP contribution is -2.43. The minimum atomic E-state index is -3.09. The molecule has 2 aliphatic rings. The summed E-state index contributed by atoms with van der Waals surface area (Å²) in [6.07, 6.45) is 2.21. The van der Waals surface area contributed by atoms with Crippen molar-refractivity contribution in [3.8, 4) is 0 Å². The average molecular weight is 294 g/mol. The maximum Gasteiger partial charge on any atom is 0.180 e. The molecule has 0 bridgehead atoms. The van der Waals surface area contributed by atoms with Gasteiger partial charge in [-0.3, -0.25) is 0 Å². The van der Waals surface area contributed by atoms with Crippen molar-refractivity contribution >= 4 is 9.84 Å². The molecule has 2 aliphatic heterocycles. The van der Waals surface area contributed by atoms with Gasteiger partial charge < -0.3 is 10.2 Å². The minimum absolute atomic E-state index is 0.0330. The average Bonchev–Trinajstić information content (AvgIpc) is 2.72. The van der Waals surface area contributed by atoms with Crippen molar-refractivity contribution in [3.05, 3.63) is 29.8 Å². The molecule has 0 saturated carbocycles. The van der Waals surface area contributed by atoms with Crippen molar-refractivity contribution in [2.24, 2.45) is 0 Å². The van der Waals surface area contributed by atoms with E-state index in [-0.39, 0.29) is 11.8 Å². The summed E-state index contributed by atoms with van der Waals surface area (Å²) in [4.78, 5) is 2.96. The molecule has 2 heterocycles. The third-order valence-electron chi connectivity index (χ3n) is 4.49. The van der Waals surface area contributed by atoms with Crippen molar-refractivity contribution in [1.29, 1.82) is 0 Å². The first-order valence-corrected chi connectivity index (χ1v) is 9.05. The molecule has 1 aromatic rings. The number of sulfone groups is 1. The van der Waals surface area contributed by atoms with Gasteiger partial charge in [-0.25, -0.2) is 8.42 Å². The van der Waals surface area contributed by atoms with E-state index in [0.29, 0.717) is 10.9 Å². The van der Waals surface area contributed by atoms with Gasteiger partial charge in [-0.2, -0.15) is 0 Å². The van der Waals surface area contributed by atoms with Crippen LogP contribution < -0.4 is 5.32 Å². The molecule has 1 N–H and O–H groups in total. The summed E-state index contributed by atoms with van der Waals surface area (Å²) < 4.78 is 24.3. The Labute approximate surface area is 121 Å². The first-order valence-electron chi connectivity index (χ1n) is 7.40. The number of fused-ring (bicyclic) bond motifs is 1. The van der Waals surface area contributed by atoms with Gasteiger partial charge in [0.1, 0.15) is 0 Å². The second-order valence-electron chi connectivity index (χ2n) is 5.75. The Balaban J connectivity index is 1.71. The Morgan fingerprint density at radius 2 is 1.95 bits per heavy atom. The molecule has 0 amide bonds. The standard InChI is InChI=1S/C15H22N2O2S/c1-2-17-9-7-12(8-10-17)16-14-11-20(18,19)15-6-4-3-5-13(14)15/h3-6,12,14,16H,2,7-11H2,1H3. The van der Waals surface area contributed by atoms with Gasteiger partial charge in [0, 0.05) is 12.1 Å². The fraction of sp³-hybridized carbons (Fsp3) is 0.600. The number of likely N-dealkylation sites (tertiary alicyclic amines) is 1. The molecule has 0 aliphatic carbocycles. The van der Waals surface area contributed by atoms with Gasteiger partial charge in [-0.05, 0) is 44.1 Å². The highest BCUT2D eigenvalue weighted by molar-refractivity contribution is 7.91. The molecular formula is C15H22N2O2S. The van der Waals surface area contributed by atoms with E-state index in [9.17, 15) is 8.42 Å². The van der Waals surface area contributed by atoms with Crippen LogP contribution in [-0.2, 0) is 9.84 Å². The molecular weight excluding hydrogens is 272 g/mol. The van der Waals surface area contributed by atoms with Gasteiger partial charge in [0.2, 0.25) is 0 Å². The highest BCUT2D eigenvalue weighted by Gasteiger charge is 2.35. The van der Waals surface area contributed by atoms with E-state index in [1.54, 1.807) is 12.1 Å². The molecule has 1 atom stereocenters. The summed E-state index contributed by atoms with van der Waals surface area (Å²) in [7, 11) is -3.09. The first-order chi connectivity index (χ1) is 9.60. The van der Waals surface area contributed by atoms with Crippen molar-refractivity contribution in [2.75, 3.05) is 25.4 Å². The molecule has 3 rings (SSSR count). The summed E-state index contributed by atoms with van der Waals surface area (Å²) in [5.41, 5.74) is 0.949. The zero-order chi connectivity index (χ0) is 14.2.